The van der Waals surface area contributed by atoms with E-state index in [1.165, 1.54) is 0 Å². The van der Waals surface area contributed by atoms with Gasteiger partial charge < -0.3 is 20.1 Å². The third-order valence-corrected chi connectivity index (χ3v) is 6.40. The number of urea groups is 1. The van der Waals surface area contributed by atoms with Crippen LogP contribution in [0.15, 0.2) is 71.5 Å². The molecule has 0 fully saturated rings. The minimum absolute atomic E-state index is 0.0771. The zero-order valence-electron chi connectivity index (χ0n) is 23.0. The Morgan fingerprint density at radius 1 is 1.00 bits per heavy atom. The van der Waals surface area contributed by atoms with Crippen molar-refractivity contribution < 1.29 is 19.1 Å². The second-order valence-electron chi connectivity index (χ2n) is 9.23. The Labute approximate surface area is 233 Å². The van der Waals surface area contributed by atoms with Gasteiger partial charge in [-0.05, 0) is 48.7 Å². The van der Waals surface area contributed by atoms with E-state index >= 15 is 0 Å². The van der Waals surface area contributed by atoms with Gasteiger partial charge in [0.15, 0.2) is 0 Å². The Morgan fingerprint density at radius 3 is 2.50 bits per heavy atom. The molecule has 0 aliphatic carbocycles. The number of nitrogens with one attached hydrogen (secondary N) is 2. The van der Waals surface area contributed by atoms with E-state index in [2.05, 4.69) is 17.6 Å². The zero-order valence-corrected chi connectivity index (χ0v) is 23.0. The molecule has 0 saturated heterocycles. The van der Waals surface area contributed by atoms with Crippen LogP contribution in [0.4, 0.5) is 10.5 Å². The van der Waals surface area contributed by atoms with Crippen molar-refractivity contribution in [3.63, 3.8) is 0 Å². The maximum absolute atomic E-state index is 13.7. The van der Waals surface area contributed by atoms with Crippen LogP contribution < -0.4 is 20.9 Å². The molecule has 0 unspecified atom stereocenters. The zero-order chi connectivity index (χ0) is 28.5. The second-order valence-corrected chi connectivity index (χ2v) is 9.23. The van der Waals surface area contributed by atoms with Crippen molar-refractivity contribution >= 4 is 28.6 Å². The fourth-order valence-corrected chi connectivity index (χ4v) is 4.46. The number of rotatable bonds is 11. The molecule has 0 radical (unpaired) electrons. The van der Waals surface area contributed by atoms with Gasteiger partial charge in [0.1, 0.15) is 11.6 Å². The van der Waals surface area contributed by atoms with Crippen LogP contribution in [0.1, 0.15) is 38.1 Å². The number of hydrogen-bond acceptors (Lipinski definition) is 6. The highest BCUT2D eigenvalue weighted by Crippen LogP contribution is 2.29. The van der Waals surface area contributed by atoms with Crippen LogP contribution in [0.5, 0.6) is 5.75 Å². The Bertz CT molecular complexity index is 1550. The summed E-state index contributed by atoms with van der Waals surface area (Å²) >= 11 is 0. The van der Waals surface area contributed by atoms with Crippen LogP contribution in [-0.4, -0.2) is 41.8 Å². The van der Waals surface area contributed by atoms with Crippen molar-refractivity contribution in [2.45, 2.75) is 39.7 Å². The number of amides is 2. The van der Waals surface area contributed by atoms with Crippen LogP contribution in [0.3, 0.4) is 0 Å². The molecular formula is C31H34N4O5. The predicted octanol–water partition coefficient (Wildman–Crippen LogP) is 5.15. The highest BCUT2D eigenvalue weighted by molar-refractivity contribution is 5.92. The molecule has 2 amide bonds. The minimum atomic E-state index is -0.477. The smallest absolute Gasteiger partial charge is 0.319 e. The highest BCUT2D eigenvalue weighted by atomic mass is 16.5. The van der Waals surface area contributed by atoms with Gasteiger partial charge >= 0.3 is 12.0 Å². The van der Waals surface area contributed by atoms with Crippen molar-refractivity contribution in [3.05, 3.63) is 88.5 Å². The van der Waals surface area contributed by atoms with Gasteiger partial charge in [-0.25, -0.2) is 9.78 Å². The average molecular weight is 543 g/mol. The number of benzene rings is 3. The molecule has 0 aliphatic rings. The summed E-state index contributed by atoms with van der Waals surface area (Å²) < 4.78 is 12.1. The van der Waals surface area contributed by atoms with Crippen molar-refractivity contribution in [1.82, 2.24) is 14.9 Å². The maximum Gasteiger partial charge on any atom is 0.319 e. The maximum atomic E-state index is 13.7. The summed E-state index contributed by atoms with van der Waals surface area (Å²) in [7, 11) is 1.65. The van der Waals surface area contributed by atoms with Gasteiger partial charge in [-0.3, -0.25) is 14.2 Å². The topological polar surface area (TPSA) is 112 Å². The summed E-state index contributed by atoms with van der Waals surface area (Å²) in [6.45, 7) is 4.58. The van der Waals surface area contributed by atoms with Gasteiger partial charge in [-0.2, -0.15) is 0 Å². The van der Waals surface area contributed by atoms with E-state index in [-0.39, 0.29) is 24.5 Å². The molecule has 3 aromatic carbocycles. The van der Waals surface area contributed by atoms with Gasteiger partial charge in [0.25, 0.3) is 5.56 Å². The minimum Gasteiger partial charge on any atom is -0.496 e. The van der Waals surface area contributed by atoms with Gasteiger partial charge in [0.2, 0.25) is 0 Å². The molecule has 0 atom stereocenters. The number of aromatic nitrogens is 2. The molecule has 9 heteroatoms. The summed E-state index contributed by atoms with van der Waals surface area (Å²) in [5.74, 6) is 1.14. The van der Waals surface area contributed by atoms with E-state index in [9.17, 15) is 14.4 Å². The number of methoxy groups -OCH3 is 1. The number of esters is 1. The first-order valence-corrected chi connectivity index (χ1v) is 13.4. The van der Waals surface area contributed by atoms with E-state index in [1.54, 1.807) is 36.8 Å². The monoisotopic (exact) mass is 542 g/mol. The molecule has 0 aliphatic heterocycles. The van der Waals surface area contributed by atoms with Crippen molar-refractivity contribution in [3.8, 4) is 16.9 Å². The van der Waals surface area contributed by atoms with Gasteiger partial charge in [0.05, 0.1) is 37.6 Å². The standard InChI is InChI=1S/C31H34N4O5/c1-4-8-28-34-26-16-15-23(33-31(38)32-18-17-29(36)40-5-2)19-25(26)30(37)35(28)20-21-11-13-22(14-12-21)24-9-6-7-10-27(24)39-3/h6-7,9-16,19H,4-5,8,17-18,20H2,1-3H3,(H2,32,33,38). The fraction of sp³-hybridized carbons (Fsp3) is 0.290. The van der Waals surface area contributed by atoms with Crippen LogP contribution in [0.25, 0.3) is 22.0 Å². The predicted molar refractivity (Wildman–Crippen MR) is 156 cm³/mol. The number of carbonyl (C=O) groups excluding carboxylic acids is 2. The van der Waals surface area contributed by atoms with E-state index in [0.29, 0.717) is 42.0 Å². The highest BCUT2D eigenvalue weighted by Gasteiger charge is 2.14. The van der Waals surface area contributed by atoms with Crippen LogP contribution in [0.2, 0.25) is 0 Å². The number of nitrogens with zero attached hydrogens (tertiary/aromatic N) is 2. The fourth-order valence-electron chi connectivity index (χ4n) is 4.46. The molecule has 4 aromatic rings. The van der Waals surface area contributed by atoms with Crippen LogP contribution >= 0.6 is 0 Å². The quantitative estimate of drug-likeness (QED) is 0.254. The number of anilines is 1. The molecule has 40 heavy (non-hydrogen) atoms. The number of fused-ring (bicyclic) bond motifs is 1. The van der Waals surface area contributed by atoms with Crippen molar-refractivity contribution in [2.24, 2.45) is 0 Å². The molecule has 4 rings (SSSR count). The third-order valence-electron chi connectivity index (χ3n) is 6.40. The number of hydrogen-bond donors (Lipinski definition) is 2. The number of para-hydroxylation sites is 1. The van der Waals surface area contributed by atoms with Gasteiger partial charge in [-0.1, -0.05) is 49.4 Å². The van der Waals surface area contributed by atoms with E-state index in [1.807, 2.05) is 48.5 Å². The normalized spacial score (nSPS) is 10.8. The number of ether oxygens (including phenoxy) is 2. The molecule has 9 nitrogen and oxygen atoms in total. The Balaban J connectivity index is 1.56. The Kier molecular flexibility index (Phi) is 9.51. The van der Waals surface area contributed by atoms with Crippen molar-refractivity contribution in [1.29, 1.82) is 0 Å². The average Bonchev–Trinajstić information content (AvgIpc) is 2.96. The first-order chi connectivity index (χ1) is 19.4. The SMILES string of the molecule is CCCc1nc2ccc(NC(=O)NCCC(=O)OCC)cc2c(=O)n1Cc1ccc(-c2ccccc2OC)cc1. The van der Waals surface area contributed by atoms with E-state index in [0.717, 1.165) is 28.9 Å². The van der Waals surface area contributed by atoms with Gasteiger partial charge in [0, 0.05) is 24.2 Å². The Morgan fingerprint density at radius 2 is 1.77 bits per heavy atom. The van der Waals surface area contributed by atoms with E-state index in [4.69, 9.17) is 14.5 Å². The molecule has 0 saturated carbocycles. The summed E-state index contributed by atoms with van der Waals surface area (Å²) in [4.78, 5) is 42.2. The summed E-state index contributed by atoms with van der Waals surface area (Å²) in [6.07, 6.45) is 1.58. The molecule has 0 bridgehead atoms. The lowest BCUT2D eigenvalue weighted by atomic mass is 10.0. The Hall–Kier alpha value is -4.66. The molecule has 1 heterocycles. The molecule has 0 spiro atoms. The van der Waals surface area contributed by atoms with E-state index < -0.39 is 6.03 Å². The lowest BCUT2D eigenvalue weighted by Crippen LogP contribution is -2.31. The summed E-state index contributed by atoms with van der Waals surface area (Å²) in [6, 6.07) is 20.5. The third kappa shape index (κ3) is 6.85. The summed E-state index contributed by atoms with van der Waals surface area (Å²) in [5.41, 5.74) is 3.84. The molecule has 208 valence electrons. The molecular weight excluding hydrogens is 508 g/mol. The summed E-state index contributed by atoms with van der Waals surface area (Å²) in [5, 5.41) is 5.75. The number of aryl methyl sites for hydroxylation is 1. The van der Waals surface area contributed by atoms with Crippen molar-refractivity contribution in [2.75, 3.05) is 25.6 Å². The van der Waals surface area contributed by atoms with Crippen LogP contribution in [0, 0.1) is 0 Å². The lowest BCUT2D eigenvalue weighted by molar-refractivity contribution is -0.142. The first-order valence-electron chi connectivity index (χ1n) is 13.4. The first kappa shape index (κ1) is 28.4. The second kappa shape index (κ2) is 13.4. The lowest BCUT2D eigenvalue weighted by Gasteiger charge is -2.15. The molecule has 2 N–H and O–H groups in total. The van der Waals surface area contributed by atoms with Gasteiger partial charge in [-0.15, -0.1) is 0 Å². The molecule has 1 aromatic heterocycles. The van der Waals surface area contributed by atoms with Crippen LogP contribution in [-0.2, 0) is 22.5 Å². The largest absolute Gasteiger partial charge is 0.496 e. The number of carbonyl (C=O) groups is 2.